The summed E-state index contributed by atoms with van der Waals surface area (Å²) >= 11 is 1.52. The first kappa shape index (κ1) is 8.43. The van der Waals surface area contributed by atoms with Crippen molar-refractivity contribution in [2.24, 2.45) is 0 Å². The number of aldehydes is 1. The van der Waals surface area contributed by atoms with Crippen LogP contribution in [0.4, 0.5) is 0 Å². The Morgan fingerprint density at radius 2 is 2.55 bits per heavy atom. The van der Waals surface area contributed by atoms with Crippen LogP contribution in [0.5, 0.6) is 0 Å². The average molecular weight is 170 g/mol. The van der Waals surface area contributed by atoms with Crippen molar-refractivity contribution in [1.29, 1.82) is 0 Å². The van der Waals surface area contributed by atoms with Crippen molar-refractivity contribution in [3.63, 3.8) is 0 Å². The smallest absolute Gasteiger partial charge is 0.123 e. The van der Waals surface area contributed by atoms with Crippen LogP contribution in [-0.4, -0.2) is 11.4 Å². The van der Waals surface area contributed by atoms with Crippen molar-refractivity contribution in [1.82, 2.24) is 0 Å². The lowest BCUT2D eigenvalue weighted by molar-refractivity contribution is -0.112. The molecule has 1 aromatic rings. The molecule has 0 bridgehead atoms. The minimum Gasteiger partial charge on any atom is -0.385 e. The molecule has 1 atom stereocenters. The second-order valence-electron chi connectivity index (χ2n) is 2.66. The predicted molar refractivity (Wildman–Crippen MR) is 44.6 cm³/mol. The molecular formula is C8H10O2S. The van der Waals surface area contributed by atoms with E-state index in [0.29, 0.717) is 0 Å². The van der Waals surface area contributed by atoms with Crippen LogP contribution in [0.3, 0.4) is 0 Å². The van der Waals surface area contributed by atoms with Gasteiger partial charge in [-0.25, -0.2) is 0 Å². The van der Waals surface area contributed by atoms with Crippen LogP contribution in [0.1, 0.15) is 18.9 Å². The number of carbonyl (C=O) groups is 1. The number of hydrogen-bond donors (Lipinski definition) is 1. The zero-order valence-electron chi connectivity index (χ0n) is 6.28. The minimum atomic E-state index is -0.984. The third-order valence-electron chi connectivity index (χ3n) is 1.62. The van der Waals surface area contributed by atoms with Crippen LogP contribution in [0, 0.1) is 0 Å². The average Bonchev–Trinajstić information content (AvgIpc) is 2.37. The van der Waals surface area contributed by atoms with E-state index in [1.807, 2.05) is 16.8 Å². The molecule has 60 valence electrons. The molecule has 1 aromatic heterocycles. The fourth-order valence-corrected chi connectivity index (χ4v) is 1.63. The zero-order chi connectivity index (χ0) is 8.32. The molecule has 2 nitrogen and oxygen atoms in total. The standard InChI is InChI=1S/C8H10O2S/c1-8(10,3-4-9)7-2-5-11-6-7/h2,4-6,10H,3H2,1H3. The maximum atomic E-state index is 10.2. The van der Waals surface area contributed by atoms with Crippen molar-refractivity contribution in [2.75, 3.05) is 0 Å². The van der Waals surface area contributed by atoms with E-state index in [1.54, 1.807) is 6.92 Å². The molecule has 0 aromatic carbocycles. The lowest BCUT2D eigenvalue weighted by Crippen LogP contribution is -2.20. The summed E-state index contributed by atoms with van der Waals surface area (Å²) in [6.45, 7) is 1.64. The molecular weight excluding hydrogens is 160 g/mol. The van der Waals surface area contributed by atoms with Gasteiger partial charge in [-0.05, 0) is 29.3 Å². The van der Waals surface area contributed by atoms with Crippen LogP contribution in [-0.2, 0) is 10.4 Å². The normalized spacial score (nSPS) is 15.8. The zero-order valence-corrected chi connectivity index (χ0v) is 7.10. The van der Waals surface area contributed by atoms with Gasteiger partial charge in [-0.15, -0.1) is 0 Å². The van der Waals surface area contributed by atoms with Crippen molar-refractivity contribution in [3.8, 4) is 0 Å². The van der Waals surface area contributed by atoms with Gasteiger partial charge in [0, 0.05) is 6.42 Å². The van der Waals surface area contributed by atoms with Gasteiger partial charge in [-0.1, -0.05) is 0 Å². The monoisotopic (exact) mass is 170 g/mol. The summed E-state index contributed by atoms with van der Waals surface area (Å²) in [5.74, 6) is 0. The summed E-state index contributed by atoms with van der Waals surface area (Å²) in [6.07, 6.45) is 0.890. The Kier molecular flexibility index (Phi) is 2.42. The molecule has 11 heavy (non-hydrogen) atoms. The van der Waals surface area contributed by atoms with E-state index in [1.165, 1.54) is 11.3 Å². The maximum Gasteiger partial charge on any atom is 0.123 e. The van der Waals surface area contributed by atoms with E-state index in [2.05, 4.69) is 0 Å². The number of carbonyl (C=O) groups excluding carboxylic acids is 1. The van der Waals surface area contributed by atoms with Gasteiger partial charge in [0.2, 0.25) is 0 Å². The first-order valence-electron chi connectivity index (χ1n) is 3.35. The molecule has 0 aliphatic carbocycles. The van der Waals surface area contributed by atoms with Crippen LogP contribution < -0.4 is 0 Å². The second kappa shape index (κ2) is 3.15. The summed E-state index contributed by atoms with van der Waals surface area (Å²) in [6, 6.07) is 1.83. The molecule has 0 aliphatic rings. The molecule has 1 N–H and O–H groups in total. The molecule has 0 saturated heterocycles. The molecule has 1 heterocycles. The van der Waals surface area contributed by atoms with E-state index in [4.69, 9.17) is 0 Å². The lowest BCUT2D eigenvalue weighted by atomic mass is 9.96. The molecule has 1 rings (SSSR count). The van der Waals surface area contributed by atoms with Crippen LogP contribution >= 0.6 is 11.3 Å². The number of hydrogen-bond acceptors (Lipinski definition) is 3. The molecule has 0 radical (unpaired) electrons. The summed E-state index contributed by atoms with van der Waals surface area (Å²) in [5, 5.41) is 13.4. The largest absolute Gasteiger partial charge is 0.385 e. The van der Waals surface area contributed by atoms with Gasteiger partial charge in [0.1, 0.15) is 6.29 Å². The molecule has 3 heteroatoms. The highest BCUT2D eigenvalue weighted by Crippen LogP contribution is 2.24. The number of thiophene rings is 1. The Morgan fingerprint density at radius 3 is 3.00 bits per heavy atom. The van der Waals surface area contributed by atoms with Crippen LogP contribution in [0.25, 0.3) is 0 Å². The molecule has 0 amide bonds. The fraction of sp³-hybridized carbons (Fsp3) is 0.375. The van der Waals surface area contributed by atoms with Crippen molar-refractivity contribution in [2.45, 2.75) is 18.9 Å². The predicted octanol–water partition coefficient (Wildman–Crippen LogP) is 1.54. The van der Waals surface area contributed by atoms with Crippen molar-refractivity contribution >= 4 is 17.6 Å². The molecule has 0 aliphatic heterocycles. The second-order valence-corrected chi connectivity index (χ2v) is 3.44. The topological polar surface area (TPSA) is 37.3 Å². The van der Waals surface area contributed by atoms with Gasteiger partial charge in [0.05, 0.1) is 5.60 Å². The van der Waals surface area contributed by atoms with Gasteiger partial charge in [-0.3, -0.25) is 0 Å². The van der Waals surface area contributed by atoms with E-state index >= 15 is 0 Å². The Bertz CT molecular complexity index is 226. The Morgan fingerprint density at radius 1 is 1.82 bits per heavy atom. The van der Waals surface area contributed by atoms with E-state index in [-0.39, 0.29) is 6.42 Å². The van der Waals surface area contributed by atoms with E-state index in [9.17, 15) is 9.90 Å². The summed E-state index contributed by atoms with van der Waals surface area (Å²) < 4.78 is 0. The van der Waals surface area contributed by atoms with E-state index in [0.717, 1.165) is 11.8 Å². The van der Waals surface area contributed by atoms with Gasteiger partial charge in [0.25, 0.3) is 0 Å². The first-order chi connectivity index (χ1) is 5.17. The summed E-state index contributed by atoms with van der Waals surface area (Å²) in [5.41, 5.74) is -0.170. The first-order valence-corrected chi connectivity index (χ1v) is 4.30. The highest BCUT2D eigenvalue weighted by molar-refractivity contribution is 7.08. The Hall–Kier alpha value is -0.670. The third kappa shape index (κ3) is 1.88. The van der Waals surface area contributed by atoms with Crippen LogP contribution in [0.15, 0.2) is 16.8 Å². The fourth-order valence-electron chi connectivity index (χ4n) is 0.851. The van der Waals surface area contributed by atoms with Crippen molar-refractivity contribution in [3.05, 3.63) is 22.4 Å². The molecule has 0 fully saturated rings. The molecule has 0 spiro atoms. The molecule has 1 unspecified atom stereocenters. The summed E-state index contributed by atoms with van der Waals surface area (Å²) in [4.78, 5) is 10.2. The number of aliphatic hydroxyl groups is 1. The van der Waals surface area contributed by atoms with Gasteiger partial charge in [-0.2, -0.15) is 11.3 Å². The highest BCUT2D eigenvalue weighted by atomic mass is 32.1. The lowest BCUT2D eigenvalue weighted by Gasteiger charge is -2.18. The number of rotatable bonds is 3. The molecule has 0 saturated carbocycles. The quantitative estimate of drug-likeness (QED) is 0.699. The van der Waals surface area contributed by atoms with Crippen molar-refractivity contribution < 1.29 is 9.90 Å². The van der Waals surface area contributed by atoms with E-state index < -0.39 is 5.60 Å². The maximum absolute atomic E-state index is 10.2. The van der Waals surface area contributed by atoms with Crippen LogP contribution in [0.2, 0.25) is 0 Å². The van der Waals surface area contributed by atoms with Gasteiger partial charge in [0.15, 0.2) is 0 Å². The SMILES string of the molecule is CC(O)(CC=O)c1ccsc1. The Balaban J connectivity index is 2.81. The van der Waals surface area contributed by atoms with Gasteiger partial charge >= 0.3 is 0 Å². The third-order valence-corrected chi connectivity index (χ3v) is 2.31. The summed E-state index contributed by atoms with van der Waals surface area (Å²) in [7, 11) is 0. The highest BCUT2D eigenvalue weighted by Gasteiger charge is 2.22. The minimum absolute atomic E-state index is 0.156. The van der Waals surface area contributed by atoms with Gasteiger partial charge < -0.3 is 9.90 Å². The Labute approximate surface area is 69.5 Å².